The molecule has 3 rings (SSSR count). The number of hydrogen-bond donors (Lipinski definition) is 0. The van der Waals surface area contributed by atoms with Crippen molar-refractivity contribution >= 4 is 42.6 Å². The largest absolute Gasteiger partial charge is 0.214 e. The van der Waals surface area contributed by atoms with E-state index in [1.807, 2.05) is 30.3 Å². The number of benzene rings is 1. The molecule has 3 aromatic rings. The van der Waals surface area contributed by atoms with Gasteiger partial charge < -0.3 is 0 Å². The van der Waals surface area contributed by atoms with Crippen molar-refractivity contribution in [3.63, 3.8) is 0 Å². The molecule has 0 amide bonds. The number of fused-ring (bicyclic) bond motifs is 1. The smallest absolute Gasteiger partial charge is 0.172 e. The monoisotopic (exact) mass is 442 g/mol. The van der Waals surface area contributed by atoms with Crippen molar-refractivity contribution in [2.24, 2.45) is 0 Å². The minimum atomic E-state index is -0.556. The molecule has 0 heterocycles. The van der Waals surface area contributed by atoms with Gasteiger partial charge in [-0.05, 0) is 10.3 Å². The molecule has 0 radical (unpaired) electrons. The van der Waals surface area contributed by atoms with E-state index >= 15 is 0 Å². The molecule has 0 unspecified atom stereocenters. The van der Waals surface area contributed by atoms with E-state index in [0.717, 1.165) is 0 Å². The topological polar surface area (TPSA) is 0 Å². The van der Waals surface area contributed by atoms with Crippen LogP contribution in [0.15, 0.2) is 66.7 Å². The first-order chi connectivity index (χ1) is 12.1. The molecular formula is C22H29Cl2PTi-2. The molecule has 0 saturated carbocycles. The van der Waals surface area contributed by atoms with E-state index in [2.05, 4.69) is 77.9 Å². The molecular weight excluding hydrogens is 414 g/mol. The Balaban J connectivity index is 0.000000351. The van der Waals surface area contributed by atoms with Crippen LogP contribution in [0.5, 0.6) is 0 Å². The van der Waals surface area contributed by atoms with E-state index in [-0.39, 0.29) is 7.92 Å². The summed E-state index contributed by atoms with van der Waals surface area (Å²) in [5, 5.41) is 5.00. The molecule has 0 aromatic heterocycles. The van der Waals surface area contributed by atoms with Gasteiger partial charge in [0.05, 0.1) is 0 Å². The van der Waals surface area contributed by atoms with Crippen LogP contribution in [0.4, 0.5) is 0 Å². The molecule has 0 aliphatic heterocycles. The fourth-order valence-corrected chi connectivity index (χ4v) is 7.46. The van der Waals surface area contributed by atoms with E-state index < -0.39 is 17.0 Å². The summed E-state index contributed by atoms with van der Waals surface area (Å²) in [5.41, 5.74) is 0. The van der Waals surface area contributed by atoms with Gasteiger partial charge in [0.2, 0.25) is 0 Å². The summed E-state index contributed by atoms with van der Waals surface area (Å²) in [4.78, 5) is 0. The first kappa shape index (κ1) is 23.9. The Labute approximate surface area is 177 Å². The van der Waals surface area contributed by atoms with Gasteiger partial charge in [0, 0.05) is 0 Å². The number of halogens is 2. The Morgan fingerprint density at radius 2 is 1.35 bits per heavy atom. The minimum absolute atomic E-state index is 0.185. The summed E-state index contributed by atoms with van der Waals surface area (Å²) in [7, 11) is 9.59. The molecule has 0 aliphatic rings. The van der Waals surface area contributed by atoms with Crippen LogP contribution in [0.3, 0.4) is 0 Å². The third-order valence-electron chi connectivity index (χ3n) is 3.76. The predicted octanol–water partition coefficient (Wildman–Crippen LogP) is 8.04. The van der Waals surface area contributed by atoms with E-state index in [0.29, 0.717) is 10.3 Å². The maximum Gasteiger partial charge on any atom is -0.172 e. The van der Waals surface area contributed by atoms with Crippen molar-refractivity contribution in [2.75, 3.05) is 0 Å². The van der Waals surface area contributed by atoms with Gasteiger partial charge in [0.1, 0.15) is 0 Å². The van der Waals surface area contributed by atoms with Crippen LogP contribution >= 0.6 is 26.5 Å². The molecule has 0 fully saturated rings. The second-order valence-electron chi connectivity index (χ2n) is 8.05. The maximum atomic E-state index is 4.89. The first-order valence-electron chi connectivity index (χ1n) is 8.70. The van der Waals surface area contributed by atoms with E-state index in [9.17, 15) is 0 Å². The summed E-state index contributed by atoms with van der Waals surface area (Å²) >= 11 is -0.556. The van der Waals surface area contributed by atoms with Crippen LogP contribution in [0, 0.1) is 0 Å². The summed E-state index contributed by atoms with van der Waals surface area (Å²) in [6, 6.07) is 23.5. The maximum absolute atomic E-state index is 4.89. The van der Waals surface area contributed by atoms with Gasteiger partial charge in [0.25, 0.3) is 0 Å². The van der Waals surface area contributed by atoms with Crippen LogP contribution in [-0.2, 0) is 17.0 Å². The van der Waals surface area contributed by atoms with Crippen LogP contribution in [0.2, 0.25) is 0 Å². The minimum Gasteiger partial charge on any atom is -0.214 e. The van der Waals surface area contributed by atoms with E-state index in [4.69, 9.17) is 18.6 Å². The number of rotatable bonds is 1. The third-order valence-corrected chi connectivity index (χ3v) is 7.22. The van der Waals surface area contributed by atoms with Crippen molar-refractivity contribution in [3.8, 4) is 0 Å². The van der Waals surface area contributed by atoms with Crippen LogP contribution in [0.1, 0.15) is 41.5 Å². The van der Waals surface area contributed by atoms with Crippen molar-refractivity contribution < 1.29 is 17.0 Å². The van der Waals surface area contributed by atoms with Crippen molar-refractivity contribution in [3.05, 3.63) is 66.7 Å². The fraction of sp³-hybridized carbons (Fsp3) is 0.364. The van der Waals surface area contributed by atoms with Crippen LogP contribution in [0.25, 0.3) is 10.8 Å². The van der Waals surface area contributed by atoms with Gasteiger partial charge in [0.15, 0.2) is 0 Å². The van der Waals surface area contributed by atoms with E-state index in [1.54, 1.807) is 5.30 Å². The van der Waals surface area contributed by atoms with Gasteiger partial charge >= 0.3 is 35.6 Å². The molecule has 0 spiro atoms. The Kier molecular flexibility index (Phi) is 10.2. The Bertz CT molecular complexity index is 669. The Morgan fingerprint density at radius 3 is 1.73 bits per heavy atom. The van der Waals surface area contributed by atoms with Crippen molar-refractivity contribution in [2.45, 2.75) is 51.9 Å². The average molecular weight is 443 g/mol. The molecule has 3 aromatic carbocycles. The van der Waals surface area contributed by atoms with Crippen LogP contribution < -0.4 is 5.30 Å². The predicted molar refractivity (Wildman–Crippen MR) is 119 cm³/mol. The summed E-state index contributed by atoms with van der Waals surface area (Å²) in [5.74, 6) is 0. The Morgan fingerprint density at radius 1 is 0.846 bits per heavy atom. The molecule has 26 heavy (non-hydrogen) atoms. The molecule has 0 bridgehead atoms. The van der Waals surface area contributed by atoms with Crippen molar-refractivity contribution in [1.82, 2.24) is 0 Å². The second kappa shape index (κ2) is 11.0. The Hall–Kier alpha value is -0.0957. The van der Waals surface area contributed by atoms with Gasteiger partial charge in [-0.3, -0.25) is 0 Å². The first-order valence-corrected chi connectivity index (χ1v) is 14.3. The average Bonchev–Trinajstić information content (AvgIpc) is 3.17. The van der Waals surface area contributed by atoms with Gasteiger partial charge in [-0.25, -0.2) is 12.1 Å². The SMILES string of the molecule is CC(C)(C)P(c1cc2ccccc2[cH-]1)C(C)(C)C.[Cl][Ti][Cl].c1cc[cH-]c1. The second-order valence-corrected chi connectivity index (χ2v) is 14.5. The quantitative estimate of drug-likeness (QED) is 0.203. The molecule has 4 heteroatoms. The van der Waals surface area contributed by atoms with Crippen molar-refractivity contribution in [1.29, 1.82) is 0 Å². The molecule has 0 atom stereocenters. The zero-order valence-corrected chi connectivity index (χ0v) is 20.5. The summed E-state index contributed by atoms with van der Waals surface area (Å²) in [6.07, 6.45) is 0. The normalized spacial score (nSPS) is 11.4. The van der Waals surface area contributed by atoms with Gasteiger partial charge in [-0.2, -0.15) is 24.3 Å². The summed E-state index contributed by atoms with van der Waals surface area (Å²) in [6.45, 7) is 14.3. The van der Waals surface area contributed by atoms with Gasteiger partial charge in [-0.15, -0.1) is 40.3 Å². The molecule has 0 N–H and O–H groups in total. The molecule has 142 valence electrons. The van der Waals surface area contributed by atoms with Gasteiger partial charge in [-0.1, -0.05) is 55.5 Å². The standard InChI is InChI=1S/C17H24P.C5H5.2ClH.Ti/c1-16(2,3)18(17(4,5)6)15-11-13-9-7-8-10-14(13)12-15;1-2-4-5-3-1;;;/h7-12H,1-6H3;1-5H;2*1H;/q2*-1;;;+2/p-2. The zero-order valence-electron chi connectivity index (χ0n) is 16.6. The fourth-order valence-electron chi connectivity index (χ4n) is 3.36. The summed E-state index contributed by atoms with van der Waals surface area (Å²) < 4.78 is 0. The molecule has 0 saturated heterocycles. The molecule has 0 aliphatic carbocycles. The van der Waals surface area contributed by atoms with E-state index in [1.165, 1.54) is 10.8 Å². The van der Waals surface area contributed by atoms with Crippen LogP contribution in [-0.4, -0.2) is 10.3 Å². The third kappa shape index (κ3) is 7.88. The number of hydrogen-bond acceptors (Lipinski definition) is 0. The zero-order chi connectivity index (χ0) is 19.8. The molecule has 0 nitrogen and oxygen atoms in total.